The highest BCUT2D eigenvalue weighted by molar-refractivity contribution is 9.10. The lowest BCUT2D eigenvalue weighted by atomic mass is 10.2. The van der Waals surface area contributed by atoms with Crippen LogP contribution >= 0.6 is 15.9 Å². The normalized spacial score (nSPS) is 10.4. The number of hydrogen-bond acceptors (Lipinski definition) is 3. The van der Waals surface area contributed by atoms with Gasteiger partial charge < -0.3 is 14.8 Å². The average Bonchev–Trinajstić information content (AvgIpc) is 2.32. The molecule has 1 N–H and O–H groups in total. The predicted octanol–water partition coefficient (Wildman–Crippen LogP) is 3.36. The van der Waals surface area contributed by atoms with Gasteiger partial charge in [0.05, 0.1) is 17.7 Å². The molecular weight excluding hydrogens is 282 g/mol. The lowest BCUT2D eigenvalue weighted by Gasteiger charge is -2.14. The number of ether oxygens (including phenoxy) is 2. The molecular formula is C13H20BrNO2. The van der Waals surface area contributed by atoms with Gasteiger partial charge in [-0.15, -0.1) is 0 Å². The summed E-state index contributed by atoms with van der Waals surface area (Å²) in [4.78, 5) is 0. The van der Waals surface area contributed by atoms with E-state index >= 15 is 0 Å². The van der Waals surface area contributed by atoms with E-state index in [-0.39, 0.29) is 0 Å². The Kier molecular flexibility index (Phi) is 6.37. The van der Waals surface area contributed by atoms with Crippen LogP contribution in [0.5, 0.6) is 11.5 Å². The smallest absolute Gasteiger partial charge is 0.137 e. The molecule has 1 aromatic rings. The maximum absolute atomic E-state index is 5.64. The molecule has 0 heterocycles. The van der Waals surface area contributed by atoms with Gasteiger partial charge in [0.25, 0.3) is 0 Å². The first kappa shape index (κ1) is 14.3. The number of nitrogens with one attached hydrogen (secondary N) is 1. The standard InChI is InChI=1S/C13H20BrNO2/c1-4-15-9-10-7-11(14)13(17-6-3)8-12(10)16-5-2/h7-8,15H,4-6,9H2,1-3H3. The third kappa shape index (κ3) is 4.21. The Morgan fingerprint density at radius 2 is 1.71 bits per heavy atom. The summed E-state index contributed by atoms with van der Waals surface area (Å²) >= 11 is 3.52. The molecule has 0 aromatic heterocycles. The zero-order chi connectivity index (χ0) is 12.7. The largest absolute Gasteiger partial charge is 0.493 e. The Morgan fingerprint density at radius 3 is 2.29 bits per heavy atom. The van der Waals surface area contributed by atoms with Crippen molar-refractivity contribution in [1.82, 2.24) is 5.32 Å². The van der Waals surface area contributed by atoms with Gasteiger partial charge in [-0.2, -0.15) is 0 Å². The van der Waals surface area contributed by atoms with Crippen molar-refractivity contribution in [3.63, 3.8) is 0 Å². The van der Waals surface area contributed by atoms with Gasteiger partial charge in [0, 0.05) is 18.2 Å². The molecule has 0 fully saturated rings. The van der Waals surface area contributed by atoms with Crippen LogP contribution in [0.1, 0.15) is 26.3 Å². The molecule has 0 bridgehead atoms. The van der Waals surface area contributed by atoms with E-state index in [1.165, 1.54) is 0 Å². The Morgan fingerprint density at radius 1 is 1.06 bits per heavy atom. The van der Waals surface area contributed by atoms with Gasteiger partial charge in [-0.25, -0.2) is 0 Å². The van der Waals surface area contributed by atoms with Crippen LogP contribution in [0.3, 0.4) is 0 Å². The molecule has 0 unspecified atom stereocenters. The van der Waals surface area contributed by atoms with Crippen LogP contribution in [0.15, 0.2) is 16.6 Å². The quantitative estimate of drug-likeness (QED) is 0.838. The molecule has 0 spiro atoms. The molecule has 4 heteroatoms. The van der Waals surface area contributed by atoms with Crippen LogP contribution in [-0.2, 0) is 6.54 Å². The Labute approximate surface area is 112 Å². The predicted molar refractivity (Wildman–Crippen MR) is 73.9 cm³/mol. The molecule has 1 aromatic carbocycles. The van der Waals surface area contributed by atoms with E-state index in [2.05, 4.69) is 34.2 Å². The lowest BCUT2D eigenvalue weighted by Crippen LogP contribution is -2.13. The van der Waals surface area contributed by atoms with Gasteiger partial charge in [-0.05, 0) is 42.4 Å². The molecule has 0 saturated carbocycles. The summed E-state index contributed by atoms with van der Waals surface area (Å²) in [6.07, 6.45) is 0. The summed E-state index contributed by atoms with van der Waals surface area (Å²) in [6.45, 7) is 9.10. The Balaban J connectivity index is 2.97. The minimum Gasteiger partial charge on any atom is -0.493 e. The fourth-order valence-corrected chi connectivity index (χ4v) is 2.03. The molecule has 0 aliphatic heterocycles. The SMILES string of the molecule is CCNCc1cc(Br)c(OCC)cc1OCC. The summed E-state index contributed by atoms with van der Waals surface area (Å²) in [7, 11) is 0. The van der Waals surface area contributed by atoms with Gasteiger partial charge >= 0.3 is 0 Å². The number of benzene rings is 1. The van der Waals surface area contributed by atoms with Crippen molar-refractivity contribution in [1.29, 1.82) is 0 Å². The Bertz CT molecular complexity index is 356. The second-order valence-electron chi connectivity index (χ2n) is 3.54. The molecule has 0 aliphatic carbocycles. The van der Waals surface area contributed by atoms with E-state index in [0.29, 0.717) is 13.2 Å². The summed E-state index contributed by atoms with van der Waals surface area (Å²) in [5, 5.41) is 3.30. The van der Waals surface area contributed by atoms with Crippen LogP contribution in [-0.4, -0.2) is 19.8 Å². The molecule has 0 atom stereocenters. The minimum atomic E-state index is 0.650. The lowest BCUT2D eigenvalue weighted by molar-refractivity contribution is 0.319. The van der Waals surface area contributed by atoms with Gasteiger partial charge in [-0.1, -0.05) is 6.92 Å². The third-order valence-electron chi connectivity index (χ3n) is 2.28. The van der Waals surface area contributed by atoms with E-state index in [9.17, 15) is 0 Å². The summed E-state index contributed by atoms with van der Waals surface area (Å²) in [6, 6.07) is 4.00. The van der Waals surface area contributed by atoms with E-state index < -0.39 is 0 Å². The van der Waals surface area contributed by atoms with E-state index in [4.69, 9.17) is 9.47 Å². The molecule has 96 valence electrons. The van der Waals surface area contributed by atoms with E-state index in [0.717, 1.165) is 34.6 Å². The van der Waals surface area contributed by atoms with Crippen molar-refractivity contribution in [3.8, 4) is 11.5 Å². The third-order valence-corrected chi connectivity index (χ3v) is 2.90. The van der Waals surface area contributed by atoms with Crippen molar-refractivity contribution in [2.24, 2.45) is 0 Å². The maximum Gasteiger partial charge on any atom is 0.137 e. The van der Waals surface area contributed by atoms with Crippen LogP contribution in [0.2, 0.25) is 0 Å². The monoisotopic (exact) mass is 301 g/mol. The topological polar surface area (TPSA) is 30.5 Å². The fourth-order valence-electron chi connectivity index (χ4n) is 1.53. The number of rotatable bonds is 7. The average molecular weight is 302 g/mol. The van der Waals surface area contributed by atoms with Crippen molar-refractivity contribution in [3.05, 3.63) is 22.2 Å². The molecule has 0 radical (unpaired) electrons. The van der Waals surface area contributed by atoms with Crippen molar-refractivity contribution in [2.75, 3.05) is 19.8 Å². The highest BCUT2D eigenvalue weighted by Crippen LogP contribution is 2.33. The minimum absolute atomic E-state index is 0.650. The number of halogens is 1. The first-order valence-electron chi connectivity index (χ1n) is 6.01. The first-order chi connectivity index (χ1) is 8.22. The zero-order valence-electron chi connectivity index (χ0n) is 10.7. The van der Waals surface area contributed by atoms with Crippen molar-refractivity contribution < 1.29 is 9.47 Å². The molecule has 17 heavy (non-hydrogen) atoms. The van der Waals surface area contributed by atoms with E-state index in [1.54, 1.807) is 0 Å². The first-order valence-corrected chi connectivity index (χ1v) is 6.80. The van der Waals surface area contributed by atoms with Gasteiger partial charge in [0.2, 0.25) is 0 Å². The van der Waals surface area contributed by atoms with Crippen LogP contribution < -0.4 is 14.8 Å². The zero-order valence-corrected chi connectivity index (χ0v) is 12.3. The molecule has 0 aliphatic rings. The highest BCUT2D eigenvalue weighted by atomic mass is 79.9. The second kappa shape index (κ2) is 7.56. The summed E-state index contributed by atoms with van der Waals surface area (Å²) in [5.74, 6) is 1.72. The Hall–Kier alpha value is -0.740. The van der Waals surface area contributed by atoms with Crippen molar-refractivity contribution in [2.45, 2.75) is 27.3 Å². The molecule has 0 saturated heterocycles. The molecule has 0 amide bonds. The maximum atomic E-state index is 5.64. The van der Waals surface area contributed by atoms with Gasteiger partial charge in [0.1, 0.15) is 11.5 Å². The highest BCUT2D eigenvalue weighted by Gasteiger charge is 2.09. The summed E-state index contributed by atoms with van der Waals surface area (Å²) in [5.41, 5.74) is 1.14. The van der Waals surface area contributed by atoms with Gasteiger partial charge in [-0.3, -0.25) is 0 Å². The molecule has 1 rings (SSSR count). The number of hydrogen-bond donors (Lipinski definition) is 1. The van der Waals surface area contributed by atoms with Crippen LogP contribution in [0, 0.1) is 0 Å². The van der Waals surface area contributed by atoms with Crippen LogP contribution in [0.25, 0.3) is 0 Å². The van der Waals surface area contributed by atoms with Crippen LogP contribution in [0.4, 0.5) is 0 Å². The molecule has 3 nitrogen and oxygen atoms in total. The van der Waals surface area contributed by atoms with Crippen molar-refractivity contribution >= 4 is 15.9 Å². The van der Waals surface area contributed by atoms with E-state index in [1.807, 2.05) is 19.9 Å². The second-order valence-corrected chi connectivity index (χ2v) is 4.39. The summed E-state index contributed by atoms with van der Waals surface area (Å²) < 4.78 is 12.1. The van der Waals surface area contributed by atoms with Gasteiger partial charge in [0.15, 0.2) is 0 Å². The fraction of sp³-hybridized carbons (Fsp3) is 0.538.